The summed E-state index contributed by atoms with van der Waals surface area (Å²) in [6.45, 7) is 0. The van der Waals surface area contributed by atoms with Crippen LogP contribution in [0.2, 0.25) is 0 Å². The van der Waals surface area contributed by atoms with Gasteiger partial charge in [-0.25, -0.2) is 14.6 Å². The first-order valence-corrected chi connectivity index (χ1v) is 12.8. The van der Waals surface area contributed by atoms with Gasteiger partial charge in [-0.05, 0) is 58.1 Å². The first kappa shape index (κ1) is 27.1. The molecule has 3 N–H and O–H groups in total. The van der Waals surface area contributed by atoms with Crippen LogP contribution in [0.4, 0.5) is 0 Å². The number of carboxylic acids is 1. The van der Waals surface area contributed by atoms with Crippen LogP contribution >= 0.6 is 0 Å². The van der Waals surface area contributed by atoms with Crippen molar-refractivity contribution >= 4 is 28.7 Å². The van der Waals surface area contributed by atoms with Gasteiger partial charge in [-0.3, -0.25) is 4.79 Å². The number of carboxylic acid groups (broad SMARTS) is 1. The summed E-state index contributed by atoms with van der Waals surface area (Å²) in [5, 5.41) is 22.5. The number of carbonyl (C=O) groups is 3. The number of nitrogens with one attached hydrogen (secondary N) is 1. The Morgan fingerprint density at radius 1 is 0.805 bits per heavy atom. The van der Waals surface area contributed by atoms with Crippen LogP contribution in [0, 0.1) is 0 Å². The highest BCUT2D eigenvalue weighted by Crippen LogP contribution is 2.29. The Balaban J connectivity index is 1.43. The van der Waals surface area contributed by atoms with Crippen LogP contribution in [0.25, 0.3) is 33.2 Å². The normalized spacial score (nSPS) is 11.5. The molecular weight excluding hydrogens is 520 g/mol. The lowest BCUT2D eigenvalue weighted by atomic mass is 9.98. The SMILES string of the molecule is COC(=O)[C@H](Cc1ccc(O)cc1)NC(=O)c1cc(C(=O)O)c2cc(-c3ccc(-c4ccccc4)cc3)ccc2n1. The van der Waals surface area contributed by atoms with Crippen LogP contribution < -0.4 is 5.32 Å². The van der Waals surface area contributed by atoms with Crippen molar-refractivity contribution in [3.63, 3.8) is 0 Å². The zero-order chi connectivity index (χ0) is 28.9. The topological polar surface area (TPSA) is 126 Å². The largest absolute Gasteiger partial charge is 0.508 e. The fourth-order valence-corrected chi connectivity index (χ4v) is 4.62. The Kier molecular flexibility index (Phi) is 7.74. The van der Waals surface area contributed by atoms with E-state index in [0.717, 1.165) is 22.3 Å². The lowest BCUT2D eigenvalue weighted by Crippen LogP contribution is -2.43. The fourth-order valence-electron chi connectivity index (χ4n) is 4.62. The predicted molar refractivity (Wildman–Crippen MR) is 155 cm³/mol. The number of aromatic nitrogens is 1. The van der Waals surface area contributed by atoms with Crippen LogP contribution in [0.15, 0.2) is 103 Å². The number of ether oxygens (including phenoxy) is 1. The van der Waals surface area contributed by atoms with Gasteiger partial charge in [-0.2, -0.15) is 0 Å². The van der Waals surface area contributed by atoms with E-state index in [1.54, 1.807) is 24.3 Å². The number of hydrogen-bond donors (Lipinski definition) is 3. The van der Waals surface area contributed by atoms with E-state index in [0.29, 0.717) is 16.5 Å². The van der Waals surface area contributed by atoms with E-state index in [1.165, 1.54) is 25.3 Å². The first-order chi connectivity index (χ1) is 19.8. The van der Waals surface area contributed by atoms with E-state index in [2.05, 4.69) is 10.3 Å². The van der Waals surface area contributed by atoms with Gasteiger partial charge in [-0.15, -0.1) is 0 Å². The average Bonchev–Trinajstić information content (AvgIpc) is 3.01. The Morgan fingerprint density at radius 2 is 1.41 bits per heavy atom. The number of phenolic OH excluding ortho intramolecular Hbond substituents is 1. The van der Waals surface area contributed by atoms with Gasteiger partial charge in [0.1, 0.15) is 17.5 Å². The third-order valence-corrected chi connectivity index (χ3v) is 6.76. The summed E-state index contributed by atoms with van der Waals surface area (Å²) in [7, 11) is 1.21. The Morgan fingerprint density at radius 3 is 2.05 bits per heavy atom. The Labute approximate surface area is 235 Å². The number of hydrogen-bond acceptors (Lipinski definition) is 6. The standard InChI is InChI=1S/C33H26N2O6/c1-41-33(40)30(17-20-7-14-25(36)15-8-20)35-31(37)29-19-27(32(38)39)26-18-24(13-16-28(26)34-29)23-11-9-22(10-12-23)21-5-3-2-4-6-21/h2-16,18-19,30,36H,17H2,1H3,(H,35,37)(H,38,39)/t30-/m0/s1. The minimum absolute atomic E-state index is 0.0707. The van der Waals surface area contributed by atoms with Gasteiger partial charge in [0, 0.05) is 11.8 Å². The van der Waals surface area contributed by atoms with Gasteiger partial charge >= 0.3 is 11.9 Å². The number of methoxy groups -OCH3 is 1. The van der Waals surface area contributed by atoms with Crippen molar-refractivity contribution in [2.75, 3.05) is 7.11 Å². The number of aromatic hydroxyl groups is 1. The molecule has 0 bridgehead atoms. The molecule has 0 fully saturated rings. The molecule has 5 rings (SSSR count). The van der Waals surface area contributed by atoms with E-state index >= 15 is 0 Å². The molecule has 0 aliphatic rings. The summed E-state index contributed by atoms with van der Waals surface area (Å²) in [6.07, 6.45) is 0.102. The van der Waals surface area contributed by atoms with E-state index in [-0.39, 0.29) is 23.4 Å². The summed E-state index contributed by atoms with van der Waals surface area (Å²) < 4.78 is 4.85. The number of carbonyl (C=O) groups excluding carboxylic acids is 2. The number of phenols is 1. The van der Waals surface area contributed by atoms with Crippen LogP contribution in [-0.4, -0.2) is 46.2 Å². The van der Waals surface area contributed by atoms with E-state index in [9.17, 15) is 24.6 Å². The molecule has 1 aromatic heterocycles. The molecule has 0 unspecified atom stereocenters. The van der Waals surface area contributed by atoms with Crippen molar-refractivity contribution < 1.29 is 29.3 Å². The van der Waals surface area contributed by atoms with Crippen LogP contribution in [-0.2, 0) is 16.0 Å². The number of rotatable bonds is 8. The van der Waals surface area contributed by atoms with Crippen LogP contribution in [0.3, 0.4) is 0 Å². The summed E-state index contributed by atoms with van der Waals surface area (Å²) in [4.78, 5) is 42.2. The molecule has 8 nitrogen and oxygen atoms in total. The fraction of sp³-hybridized carbons (Fsp3) is 0.0909. The van der Waals surface area contributed by atoms with E-state index in [1.807, 2.05) is 60.7 Å². The Bertz CT molecular complexity index is 1730. The highest BCUT2D eigenvalue weighted by molar-refractivity contribution is 6.07. The molecule has 0 saturated heterocycles. The summed E-state index contributed by atoms with van der Waals surface area (Å²) in [6, 6.07) is 29.5. The highest BCUT2D eigenvalue weighted by atomic mass is 16.5. The molecule has 1 atom stereocenters. The lowest BCUT2D eigenvalue weighted by Gasteiger charge is -2.17. The van der Waals surface area contributed by atoms with Gasteiger partial charge < -0.3 is 20.3 Å². The van der Waals surface area contributed by atoms with Crippen molar-refractivity contribution in [2.45, 2.75) is 12.5 Å². The maximum atomic E-state index is 13.2. The van der Waals surface area contributed by atoms with Gasteiger partial charge in [0.05, 0.1) is 18.2 Å². The highest BCUT2D eigenvalue weighted by Gasteiger charge is 2.25. The number of fused-ring (bicyclic) bond motifs is 1. The Hall–Kier alpha value is -5.50. The molecule has 4 aromatic carbocycles. The van der Waals surface area contributed by atoms with Crippen molar-refractivity contribution in [3.8, 4) is 28.0 Å². The summed E-state index contributed by atoms with van der Waals surface area (Å²) >= 11 is 0. The number of pyridine rings is 1. The minimum atomic E-state index is -1.21. The third-order valence-electron chi connectivity index (χ3n) is 6.76. The first-order valence-electron chi connectivity index (χ1n) is 12.8. The zero-order valence-corrected chi connectivity index (χ0v) is 22.1. The van der Waals surface area contributed by atoms with Crippen molar-refractivity contribution in [1.82, 2.24) is 10.3 Å². The molecule has 8 heteroatoms. The lowest BCUT2D eigenvalue weighted by molar-refractivity contribution is -0.142. The molecule has 0 saturated carbocycles. The molecule has 0 radical (unpaired) electrons. The summed E-state index contributed by atoms with van der Waals surface area (Å²) in [5.74, 6) is -2.53. The number of benzene rings is 4. The maximum Gasteiger partial charge on any atom is 0.336 e. The quantitative estimate of drug-likeness (QED) is 0.220. The predicted octanol–water partition coefficient (Wildman–Crippen LogP) is 5.49. The number of esters is 1. The molecule has 5 aromatic rings. The molecule has 0 aliphatic carbocycles. The summed E-state index contributed by atoms with van der Waals surface area (Å²) in [5.41, 5.74) is 4.64. The molecule has 0 aliphatic heterocycles. The molecule has 0 spiro atoms. The average molecular weight is 547 g/mol. The monoisotopic (exact) mass is 546 g/mol. The van der Waals surface area contributed by atoms with Crippen molar-refractivity contribution in [2.24, 2.45) is 0 Å². The number of amides is 1. The molecule has 1 amide bonds. The number of nitrogens with zero attached hydrogens (tertiary/aromatic N) is 1. The maximum absolute atomic E-state index is 13.2. The third kappa shape index (κ3) is 6.07. The number of aromatic carboxylic acids is 1. The van der Waals surface area contributed by atoms with E-state index in [4.69, 9.17) is 4.74 Å². The molecule has 41 heavy (non-hydrogen) atoms. The van der Waals surface area contributed by atoms with Gasteiger partial charge in [0.15, 0.2) is 0 Å². The minimum Gasteiger partial charge on any atom is -0.508 e. The van der Waals surface area contributed by atoms with E-state index < -0.39 is 23.9 Å². The second kappa shape index (κ2) is 11.7. The zero-order valence-electron chi connectivity index (χ0n) is 22.1. The van der Waals surface area contributed by atoms with Crippen LogP contribution in [0.1, 0.15) is 26.4 Å². The smallest absolute Gasteiger partial charge is 0.336 e. The van der Waals surface area contributed by atoms with Crippen LogP contribution in [0.5, 0.6) is 5.75 Å². The van der Waals surface area contributed by atoms with Crippen molar-refractivity contribution in [1.29, 1.82) is 0 Å². The second-order valence-electron chi connectivity index (χ2n) is 9.46. The van der Waals surface area contributed by atoms with Gasteiger partial charge in [0.2, 0.25) is 0 Å². The van der Waals surface area contributed by atoms with Gasteiger partial charge in [0.25, 0.3) is 5.91 Å². The molecular formula is C33H26N2O6. The second-order valence-corrected chi connectivity index (χ2v) is 9.46. The van der Waals surface area contributed by atoms with Gasteiger partial charge in [-0.1, -0.05) is 72.8 Å². The molecule has 1 heterocycles. The molecule has 204 valence electrons. The van der Waals surface area contributed by atoms with Crippen molar-refractivity contribution in [3.05, 3.63) is 120 Å².